The molecular weight excluding hydrogens is 399 g/mol. The zero-order valence-electron chi connectivity index (χ0n) is 15.8. The van der Waals surface area contributed by atoms with E-state index in [0.717, 1.165) is 31.2 Å². The molecule has 1 aliphatic rings. The Kier molecular flexibility index (Phi) is 6.99. The van der Waals surface area contributed by atoms with Crippen LogP contribution in [0.4, 0.5) is 10.1 Å². The second-order valence-electron chi connectivity index (χ2n) is 6.51. The van der Waals surface area contributed by atoms with Gasteiger partial charge in [-0.25, -0.2) is 9.37 Å². The summed E-state index contributed by atoms with van der Waals surface area (Å²) in [7, 11) is 1.48. The van der Waals surface area contributed by atoms with E-state index in [2.05, 4.69) is 15.6 Å². The van der Waals surface area contributed by atoms with Gasteiger partial charge in [0.15, 0.2) is 5.16 Å². The molecule has 0 aliphatic carbocycles. The molecule has 1 atom stereocenters. The fourth-order valence-electron chi connectivity index (χ4n) is 2.76. The molecule has 2 aromatic rings. The maximum Gasteiger partial charge on any atom is 0.266 e. The van der Waals surface area contributed by atoms with Crippen molar-refractivity contribution in [2.45, 2.75) is 24.1 Å². The van der Waals surface area contributed by atoms with E-state index in [1.807, 2.05) is 0 Å². The first kappa shape index (κ1) is 21.0. The summed E-state index contributed by atoms with van der Waals surface area (Å²) >= 11 is 1.10. The summed E-state index contributed by atoms with van der Waals surface area (Å²) < 4.78 is 19.6. The minimum atomic E-state index is -0.643. The zero-order chi connectivity index (χ0) is 20.8. The van der Waals surface area contributed by atoms with Gasteiger partial charge in [-0.1, -0.05) is 11.8 Å². The number of carbonyl (C=O) groups is 2. The highest BCUT2D eigenvalue weighted by Crippen LogP contribution is 2.14. The molecule has 154 valence electrons. The van der Waals surface area contributed by atoms with Gasteiger partial charge in [0.1, 0.15) is 11.4 Å². The Bertz CT molecular complexity index is 942. The highest BCUT2D eigenvalue weighted by atomic mass is 32.2. The largest absolute Gasteiger partial charge is 0.376 e. The van der Waals surface area contributed by atoms with E-state index in [4.69, 9.17) is 4.74 Å². The Labute approximate surface area is 170 Å². The highest BCUT2D eigenvalue weighted by molar-refractivity contribution is 7.99. The maximum absolute atomic E-state index is 13.0. The van der Waals surface area contributed by atoms with E-state index in [9.17, 15) is 18.8 Å². The van der Waals surface area contributed by atoms with Gasteiger partial charge in [-0.2, -0.15) is 0 Å². The van der Waals surface area contributed by atoms with Crippen LogP contribution in [0.15, 0.2) is 40.4 Å². The van der Waals surface area contributed by atoms with E-state index >= 15 is 0 Å². The van der Waals surface area contributed by atoms with Crippen molar-refractivity contribution < 1.29 is 18.7 Å². The molecule has 1 saturated heterocycles. The second-order valence-corrected chi connectivity index (χ2v) is 7.45. The van der Waals surface area contributed by atoms with E-state index in [1.165, 1.54) is 42.1 Å². The fourth-order valence-corrected chi connectivity index (χ4v) is 3.53. The predicted octanol–water partition coefficient (Wildman–Crippen LogP) is 1.56. The van der Waals surface area contributed by atoms with Crippen LogP contribution in [0.1, 0.15) is 23.2 Å². The van der Waals surface area contributed by atoms with Crippen molar-refractivity contribution >= 4 is 29.3 Å². The normalized spacial score (nSPS) is 15.9. The number of hydrogen-bond donors (Lipinski definition) is 2. The molecule has 1 fully saturated rings. The number of amides is 2. The van der Waals surface area contributed by atoms with Crippen molar-refractivity contribution in [2.75, 3.05) is 24.2 Å². The SMILES string of the molecule is Cn1c(SCC(=O)NC[C@H]2CCCO2)ncc(C(=O)Nc2ccc(F)cc2)c1=O. The number of thioether (sulfide) groups is 1. The lowest BCUT2D eigenvalue weighted by molar-refractivity contribution is -0.119. The molecule has 3 rings (SSSR count). The van der Waals surface area contributed by atoms with Crippen LogP contribution in [0.5, 0.6) is 0 Å². The molecule has 1 aromatic carbocycles. The van der Waals surface area contributed by atoms with Crippen molar-refractivity contribution in [3.63, 3.8) is 0 Å². The molecule has 1 aromatic heterocycles. The number of carbonyl (C=O) groups excluding carboxylic acids is 2. The number of nitrogens with one attached hydrogen (secondary N) is 2. The molecular formula is C19H21FN4O4S. The molecule has 0 radical (unpaired) electrons. The number of halogens is 1. The molecule has 10 heteroatoms. The van der Waals surface area contributed by atoms with E-state index in [0.29, 0.717) is 17.4 Å². The van der Waals surface area contributed by atoms with Crippen LogP contribution in [-0.4, -0.2) is 46.4 Å². The fraction of sp³-hybridized carbons (Fsp3) is 0.368. The van der Waals surface area contributed by atoms with Crippen LogP contribution < -0.4 is 16.2 Å². The van der Waals surface area contributed by atoms with Gasteiger partial charge in [0.2, 0.25) is 5.91 Å². The van der Waals surface area contributed by atoms with Gasteiger partial charge in [-0.3, -0.25) is 19.0 Å². The number of anilines is 1. The average molecular weight is 420 g/mol. The Morgan fingerprint density at radius 2 is 2.10 bits per heavy atom. The second kappa shape index (κ2) is 9.66. The summed E-state index contributed by atoms with van der Waals surface area (Å²) in [6.45, 7) is 1.19. The third-order valence-electron chi connectivity index (χ3n) is 4.36. The summed E-state index contributed by atoms with van der Waals surface area (Å²) in [5, 5.41) is 5.64. The zero-order valence-corrected chi connectivity index (χ0v) is 16.6. The monoisotopic (exact) mass is 420 g/mol. The molecule has 0 bridgehead atoms. The number of nitrogens with zero attached hydrogens (tertiary/aromatic N) is 2. The lowest BCUT2D eigenvalue weighted by atomic mass is 10.2. The Balaban J connectivity index is 1.58. The van der Waals surface area contributed by atoms with Crippen molar-refractivity contribution in [2.24, 2.45) is 7.05 Å². The number of ether oxygens (including phenoxy) is 1. The molecule has 2 N–H and O–H groups in total. The van der Waals surface area contributed by atoms with Crippen molar-refractivity contribution in [3.05, 3.63) is 52.2 Å². The van der Waals surface area contributed by atoms with Gasteiger partial charge in [-0.05, 0) is 37.1 Å². The van der Waals surface area contributed by atoms with Crippen molar-refractivity contribution in [1.29, 1.82) is 0 Å². The van der Waals surface area contributed by atoms with E-state index in [1.54, 1.807) is 0 Å². The lowest BCUT2D eigenvalue weighted by Crippen LogP contribution is -2.33. The van der Waals surface area contributed by atoms with Crippen molar-refractivity contribution in [1.82, 2.24) is 14.9 Å². The van der Waals surface area contributed by atoms with Gasteiger partial charge in [0.25, 0.3) is 11.5 Å². The first-order chi connectivity index (χ1) is 13.9. The van der Waals surface area contributed by atoms with Crippen LogP contribution in [0.2, 0.25) is 0 Å². The smallest absolute Gasteiger partial charge is 0.266 e. The van der Waals surface area contributed by atoms with Gasteiger partial charge in [0.05, 0.1) is 11.9 Å². The first-order valence-electron chi connectivity index (χ1n) is 9.08. The lowest BCUT2D eigenvalue weighted by Gasteiger charge is -2.11. The van der Waals surface area contributed by atoms with Crippen molar-refractivity contribution in [3.8, 4) is 0 Å². The van der Waals surface area contributed by atoms with Gasteiger partial charge in [0, 0.05) is 32.1 Å². The van der Waals surface area contributed by atoms with E-state index < -0.39 is 17.3 Å². The molecule has 2 amide bonds. The summed E-state index contributed by atoms with van der Waals surface area (Å²) in [5.74, 6) is -1.16. The summed E-state index contributed by atoms with van der Waals surface area (Å²) in [6.07, 6.45) is 3.17. The third-order valence-corrected chi connectivity index (χ3v) is 5.40. The number of aromatic nitrogens is 2. The standard InChI is InChI=1S/C19H21FN4O4S/c1-24-18(27)15(17(26)23-13-6-4-12(20)5-7-13)10-22-19(24)29-11-16(25)21-9-14-3-2-8-28-14/h4-7,10,14H,2-3,8-9,11H2,1H3,(H,21,25)(H,23,26)/t14-/m1/s1. The molecule has 29 heavy (non-hydrogen) atoms. The molecule has 2 heterocycles. The summed E-state index contributed by atoms with van der Waals surface area (Å²) in [4.78, 5) is 40.9. The molecule has 1 aliphatic heterocycles. The maximum atomic E-state index is 13.0. The molecule has 8 nitrogen and oxygen atoms in total. The number of hydrogen-bond acceptors (Lipinski definition) is 6. The van der Waals surface area contributed by atoms with Crippen LogP contribution in [-0.2, 0) is 16.6 Å². The predicted molar refractivity (Wildman–Crippen MR) is 107 cm³/mol. The van der Waals surface area contributed by atoms with E-state index in [-0.39, 0.29) is 23.3 Å². The van der Waals surface area contributed by atoms with Crippen LogP contribution in [0.25, 0.3) is 0 Å². The summed E-state index contributed by atoms with van der Waals surface area (Å²) in [5.41, 5.74) is -0.328. The van der Waals surface area contributed by atoms with Crippen LogP contribution in [0.3, 0.4) is 0 Å². The Morgan fingerprint density at radius 3 is 2.79 bits per heavy atom. The quantitative estimate of drug-likeness (QED) is 0.521. The first-order valence-corrected chi connectivity index (χ1v) is 10.1. The minimum absolute atomic E-state index is 0.0605. The van der Waals surface area contributed by atoms with Gasteiger partial charge in [-0.15, -0.1) is 0 Å². The topological polar surface area (TPSA) is 102 Å². The van der Waals surface area contributed by atoms with Crippen LogP contribution in [0, 0.1) is 5.82 Å². The molecule has 0 saturated carbocycles. The Morgan fingerprint density at radius 1 is 1.34 bits per heavy atom. The Hall–Kier alpha value is -2.72. The molecule has 0 unspecified atom stereocenters. The van der Waals surface area contributed by atoms with Gasteiger partial charge < -0.3 is 15.4 Å². The third kappa shape index (κ3) is 5.64. The highest BCUT2D eigenvalue weighted by Gasteiger charge is 2.18. The average Bonchev–Trinajstić information content (AvgIpc) is 3.23. The number of rotatable bonds is 7. The molecule has 0 spiro atoms. The van der Waals surface area contributed by atoms with Crippen LogP contribution >= 0.6 is 11.8 Å². The number of benzene rings is 1. The summed E-state index contributed by atoms with van der Waals surface area (Å²) in [6, 6.07) is 5.19. The minimum Gasteiger partial charge on any atom is -0.376 e. The van der Waals surface area contributed by atoms with Gasteiger partial charge >= 0.3 is 0 Å².